The van der Waals surface area contributed by atoms with Crippen LogP contribution in [0.1, 0.15) is 193 Å². The Morgan fingerprint density at radius 3 is 1.21 bits per heavy atom. The first-order chi connectivity index (χ1) is 30.2. The van der Waals surface area contributed by atoms with Gasteiger partial charge in [0.25, 0.3) is 0 Å². The molecular weight excluding hydrogens is 769 g/mol. The molecule has 0 saturated heterocycles. The molecular formula is C54H84N4O4. The van der Waals surface area contributed by atoms with Crippen molar-refractivity contribution in [1.29, 1.82) is 0 Å². The number of aryl methyl sites for hydroxylation is 1. The number of phenols is 2. The van der Waals surface area contributed by atoms with Gasteiger partial charge in [-0.3, -0.25) is 0 Å². The fourth-order valence-corrected chi connectivity index (χ4v) is 8.65. The number of unbranched alkanes of at least 4 members (excludes halogenated alkanes) is 16. The van der Waals surface area contributed by atoms with E-state index in [1.54, 1.807) is 0 Å². The lowest BCUT2D eigenvalue weighted by Gasteiger charge is -2.20. The highest BCUT2D eigenvalue weighted by Crippen LogP contribution is 2.40. The van der Waals surface area contributed by atoms with Crippen molar-refractivity contribution in [3.63, 3.8) is 0 Å². The average molecular weight is 853 g/mol. The Labute approximate surface area is 376 Å². The number of benzene rings is 2. The quantitative estimate of drug-likeness (QED) is 0.0460. The van der Waals surface area contributed by atoms with Gasteiger partial charge in [-0.15, -0.1) is 0 Å². The van der Waals surface area contributed by atoms with Gasteiger partial charge in [-0.2, -0.15) is 0 Å². The largest absolute Gasteiger partial charge is 0.507 e. The number of nitrogens with zero attached hydrogens (tertiary/aromatic N) is 4. The molecule has 0 bridgehead atoms. The summed E-state index contributed by atoms with van der Waals surface area (Å²) in [6, 6.07) is 11.5. The van der Waals surface area contributed by atoms with Crippen molar-refractivity contribution in [3.05, 3.63) is 53.7 Å². The molecule has 0 spiro atoms. The van der Waals surface area contributed by atoms with Crippen LogP contribution in [0.5, 0.6) is 23.0 Å². The van der Waals surface area contributed by atoms with E-state index in [4.69, 9.17) is 24.4 Å². The van der Waals surface area contributed by atoms with Crippen LogP contribution in [0.15, 0.2) is 42.6 Å². The molecule has 8 nitrogen and oxygen atoms in total. The lowest BCUT2D eigenvalue weighted by atomic mass is 9.95. The second-order valence-electron chi connectivity index (χ2n) is 18.1. The van der Waals surface area contributed by atoms with Crippen molar-refractivity contribution in [3.8, 4) is 57.3 Å². The van der Waals surface area contributed by atoms with Crippen LogP contribution in [-0.4, -0.2) is 42.9 Å². The molecule has 2 atom stereocenters. The van der Waals surface area contributed by atoms with Gasteiger partial charge in [0.2, 0.25) is 0 Å². The van der Waals surface area contributed by atoms with E-state index in [2.05, 4.69) is 27.7 Å². The summed E-state index contributed by atoms with van der Waals surface area (Å²) in [7, 11) is 1.95. The molecule has 0 fully saturated rings. The third-order valence-corrected chi connectivity index (χ3v) is 12.9. The second-order valence-corrected chi connectivity index (χ2v) is 18.1. The molecule has 4 rings (SSSR count). The Morgan fingerprint density at radius 1 is 0.484 bits per heavy atom. The van der Waals surface area contributed by atoms with Gasteiger partial charge in [-0.1, -0.05) is 156 Å². The summed E-state index contributed by atoms with van der Waals surface area (Å²) in [6.45, 7) is 14.1. The Kier molecular flexibility index (Phi) is 23.3. The van der Waals surface area contributed by atoms with Crippen LogP contribution in [0, 0.1) is 25.7 Å². The molecule has 0 amide bonds. The molecule has 2 aromatic carbocycles. The van der Waals surface area contributed by atoms with E-state index in [1.165, 1.54) is 154 Å². The topological polar surface area (TPSA) is 103 Å². The Balaban J connectivity index is 1.56. The second kappa shape index (κ2) is 28.6. The van der Waals surface area contributed by atoms with Crippen LogP contribution in [0.2, 0.25) is 0 Å². The molecule has 2 heterocycles. The molecule has 0 aliphatic rings. The predicted octanol–water partition coefficient (Wildman–Crippen LogP) is 15.7. The van der Waals surface area contributed by atoms with E-state index in [1.807, 2.05) is 68.1 Å². The van der Waals surface area contributed by atoms with Gasteiger partial charge in [0, 0.05) is 24.4 Å². The van der Waals surface area contributed by atoms with Crippen LogP contribution in [0.25, 0.3) is 34.3 Å². The van der Waals surface area contributed by atoms with Crippen molar-refractivity contribution < 1.29 is 19.7 Å². The summed E-state index contributed by atoms with van der Waals surface area (Å²) in [5, 5.41) is 23.5. The maximum Gasteiger partial charge on any atom is 0.180 e. The summed E-state index contributed by atoms with van der Waals surface area (Å²) in [5.74, 6) is 3.63. The molecule has 2 unspecified atom stereocenters. The van der Waals surface area contributed by atoms with Crippen molar-refractivity contribution in [2.75, 3.05) is 13.2 Å². The maximum atomic E-state index is 11.7. The molecule has 0 radical (unpaired) electrons. The molecule has 8 heteroatoms. The fraction of sp³-hybridized carbons (Fsp3) is 0.648. The van der Waals surface area contributed by atoms with E-state index in [-0.39, 0.29) is 11.5 Å². The molecule has 2 aromatic heterocycles. The Morgan fingerprint density at radius 2 is 0.839 bits per heavy atom. The van der Waals surface area contributed by atoms with Gasteiger partial charge < -0.3 is 24.3 Å². The Hall–Kier alpha value is -4.07. The van der Waals surface area contributed by atoms with Gasteiger partial charge in [0.15, 0.2) is 17.5 Å². The van der Waals surface area contributed by atoms with E-state index in [9.17, 15) is 10.2 Å². The van der Waals surface area contributed by atoms with Gasteiger partial charge >= 0.3 is 0 Å². The van der Waals surface area contributed by atoms with Crippen LogP contribution >= 0.6 is 0 Å². The Bertz CT molecular complexity index is 1740. The number of ether oxygens (including phenoxy) is 2. The SMILES string of the molecule is CCCCCCCCC(CCCCCC)COc1ccc(-c2nc(-c3ccc(OCC(CCCCCC)CCCCCCCC)c(C)c3O)nc(-c3cccn3C)n2)c(O)c1C. The molecule has 0 aliphatic carbocycles. The van der Waals surface area contributed by atoms with Gasteiger partial charge in [-0.05, 0) is 87.8 Å². The lowest BCUT2D eigenvalue weighted by Crippen LogP contribution is -2.13. The molecule has 2 N–H and O–H groups in total. The summed E-state index contributed by atoms with van der Waals surface area (Å²) >= 11 is 0. The van der Waals surface area contributed by atoms with Crippen LogP contribution in [0.3, 0.4) is 0 Å². The first-order valence-electron chi connectivity index (χ1n) is 25.0. The van der Waals surface area contributed by atoms with Gasteiger partial charge in [0.1, 0.15) is 23.0 Å². The van der Waals surface area contributed by atoms with Crippen LogP contribution in [0.4, 0.5) is 0 Å². The monoisotopic (exact) mass is 853 g/mol. The predicted molar refractivity (Wildman–Crippen MR) is 259 cm³/mol. The summed E-state index contributed by atoms with van der Waals surface area (Å²) in [6.07, 6.45) is 32.2. The lowest BCUT2D eigenvalue weighted by molar-refractivity contribution is 0.222. The average Bonchev–Trinajstić information content (AvgIpc) is 3.71. The van der Waals surface area contributed by atoms with Crippen molar-refractivity contribution >= 4 is 0 Å². The van der Waals surface area contributed by atoms with Crippen molar-refractivity contribution in [1.82, 2.24) is 19.5 Å². The number of hydrogen-bond donors (Lipinski definition) is 2. The smallest absolute Gasteiger partial charge is 0.180 e. The minimum Gasteiger partial charge on any atom is -0.507 e. The van der Waals surface area contributed by atoms with Crippen molar-refractivity contribution in [2.24, 2.45) is 18.9 Å². The highest BCUT2D eigenvalue weighted by molar-refractivity contribution is 5.74. The number of aromatic nitrogens is 4. The van der Waals surface area contributed by atoms with E-state index in [0.717, 1.165) is 5.69 Å². The molecule has 4 aromatic rings. The van der Waals surface area contributed by atoms with Crippen LogP contribution < -0.4 is 9.47 Å². The fourth-order valence-electron chi connectivity index (χ4n) is 8.65. The zero-order valence-corrected chi connectivity index (χ0v) is 40.1. The molecule has 62 heavy (non-hydrogen) atoms. The number of aromatic hydroxyl groups is 2. The number of phenolic OH excluding ortho intramolecular Hbond substituents is 2. The first kappa shape index (κ1) is 50.6. The minimum absolute atomic E-state index is 0.0854. The molecule has 344 valence electrons. The third kappa shape index (κ3) is 16.2. The number of hydrogen-bond acceptors (Lipinski definition) is 7. The summed E-state index contributed by atoms with van der Waals surface area (Å²) in [4.78, 5) is 14.7. The minimum atomic E-state index is 0.0854. The summed E-state index contributed by atoms with van der Waals surface area (Å²) < 4.78 is 14.9. The zero-order chi connectivity index (χ0) is 44.5. The van der Waals surface area contributed by atoms with Gasteiger partial charge in [-0.25, -0.2) is 15.0 Å². The van der Waals surface area contributed by atoms with E-state index >= 15 is 0 Å². The molecule has 0 aliphatic heterocycles. The van der Waals surface area contributed by atoms with Gasteiger partial charge in [0.05, 0.1) is 30.0 Å². The first-order valence-corrected chi connectivity index (χ1v) is 25.0. The standard InChI is InChI=1S/C54H84N4O4/c1-8-12-16-20-22-26-31-43(29-24-18-14-10-3)39-61-48-36-34-45(50(59)41(48)5)52-55-53(57-54(56-52)47-33-28-38-58(47)7)46-35-37-49(42(6)51(46)60)62-40-44(30-25-19-15-11-4)32-27-23-21-17-13-9-2/h28,33-38,43-44,59-60H,8-27,29-32,39-40H2,1-7H3. The van der Waals surface area contributed by atoms with E-state index in [0.29, 0.717) is 76.3 Å². The molecule has 0 saturated carbocycles. The zero-order valence-electron chi connectivity index (χ0n) is 40.1. The third-order valence-electron chi connectivity index (χ3n) is 12.9. The maximum absolute atomic E-state index is 11.7. The van der Waals surface area contributed by atoms with Crippen molar-refractivity contribution in [2.45, 2.75) is 196 Å². The van der Waals surface area contributed by atoms with Crippen LogP contribution in [-0.2, 0) is 7.05 Å². The highest BCUT2D eigenvalue weighted by Gasteiger charge is 2.22. The highest BCUT2D eigenvalue weighted by atomic mass is 16.5. The summed E-state index contributed by atoms with van der Waals surface area (Å²) in [5.41, 5.74) is 3.10. The normalized spacial score (nSPS) is 12.5. The van der Waals surface area contributed by atoms with E-state index < -0.39 is 0 Å². The number of rotatable bonds is 33.